The third kappa shape index (κ3) is 3.26. The van der Waals surface area contributed by atoms with E-state index in [-0.39, 0.29) is 11.4 Å². The molecule has 2 aliphatic rings. The number of esters is 1. The second-order valence-electron chi connectivity index (χ2n) is 8.70. The van der Waals surface area contributed by atoms with Crippen molar-refractivity contribution in [1.29, 1.82) is 0 Å². The lowest BCUT2D eigenvalue weighted by Gasteiger charge is -2.53. The van der Waals surface area contributed by atoms with Crippen LogP contribution in [0.15, 0.2) is 48.5 Å². The summed E-state index contributed by atoms with van der Waals surface area (Å²) < 4.78 is 4.92. The van der Waals surface area contributed by atoms with E-state index < -0.39 is 5.60 Å². The molecule has 2 aromatic carbocycles. The van der Waals surface area contributed by atoms with Gasteiger partial charge in [-0.1, -0.05) is 43.3 Å². The van der Waals surface area contributed by atoms with Crippen molar-refractivity contribution in [2.45, 2.75) is 62.9 Å². The molecule has 0 aliphatic heterocycles. The van der Waals surface area contributed by atoms with Crippen LogP contribution in [0.5, 0.6) is 0 Å². The third-order valence-corrected chi connectivity index (χ3v) is 7.29. The second kappa shape index (κ2) is 7.36. The van der Waals surface area contributed by atoms with Crippen molar-refractivity contribution in [1.82, 2.24) is 0 Å². The Kier molecular flexibility index (Phi) is 5.05. The largest absolute Gasteiger partial charge is 0.465 e. The highest BCUT2D eigenvalue weighted by Crippen LogP contribution is 2.54. The number of methoxy groups -OCH3 is 1. The Bertz CT molecular complexity index is 859. The van der Waals surface area contributed by atoms with E-state index in [9.17, 15) is 9.90 Å². The number of fused-ring (bicyclic) bond motifs is 3. The van der Waals surface area contributed by atoms with Gasteiger partial charge in [0, 0.05) is 5.41 Å². The zero-order valence-corrected chi connectivity index (χ0v) is 16.9. The van der Waals surface area contributed by atoms with Gasteiger partial charge >= 0.3 is 5.97 Å². The predicted octanol–water partition coefficient (Wildman–Crippen LogP) is 4.84. The maximum atomic E-state index is 12.0. The lowest BCUT2D eigenvalue weighted by molar-refractivity contribution is -0.0529. The summed E-state index contributed by atoms with van der Waals surface area (Å²) in [5.74, 6) is 0.189. The van der Waals surface area contributed by atoms with Gasteiger partial charge in [-0.15, -0.1) is 0 Å². The lowest BCUT2D eigenvalue weighted by atomic mass is 9.52. The van der Waals surface area contributed by atoms with Crippen molar-refractivity contribution in [2.75, 3.05) is 7.11 Å². The maximum Gasteiger partial charge on any atom is 0.337 e. The van der Waals surface area contributed by atoms with Crippen molar-refractivity contribution in [3.63, 3.8) is 0 Å². The summed E-state index contributed by atoms with van der Waals surface area (Å²) in [6, 6.07) is 16.8. The Labute approximate surface area is 167 Å². The van der Waals surface area contributed by atoms with Crippen molar-refractivity contribution < 1.29 is 14.6 Å². The zero-order chi connectivity index (χ0) is 19.8. The van der Waals surface area contributed by atoms with Gasteiger partial charge in [0.15, 0.2) is 0 Å². The topological polar surface area (TPSA) is 46.5 Å². The Morgan fingerprint density at radius 3 is 2.68 bits per heavy atom. The van der Waals surface area contributed by atoms with Gasteiger partial charge in [0.25, 0.3) is 0 Å². The van der Waals surface area contributed by atoms with Gasteiger partial charge in [-0.25, -0.2) is 4.79 Å². The number of aryl methyl sites for hydroxylation is 1. The molecule has 0 amide bonds. The summed E-state index contributed by atoms with van der Waals surface area (Å²) in [4.78, 5) is 12.0. The minimum absolute atomic E-state index is 0.0327. The second-order valence-corrected chi connectivity index (χ2v) is 8.70. The Morgan fingerprint density at radius 2 is 1.96 bits per heavy atom. The standard InChI is InChI=1S/C25H30O3/c1-3-24(27)13-14-25(16-18-7-5-4-6-8-18)21(17-24)11-9-19-15-20(23(26)28-2)10-12-22(19)25/h4-8,10,12,15,21,27H,3,9,11,13-14,16-17H2,1-2H3/t21-,24+,25-/m0/s1. The van der Waals surface area contributed by atoms with Crippen LogP contribution in [0.4, 0.5) is 0 Å². The van der Waals surface area contributed by atoms with Crippen LogP contribution in [0.25, 0.3) is 0 Å². The first-order chi connectivity index (χ1) is 13.5. The average Bonchev–Trinajstić information content (AvgIpc) is 2.74. The monoisotopic (exact) mass is 378 g/mol. The van der Waals surface area contributed by atoms with Gasteiger partial charge in [0.2, 0.25) is 0 Å². The molecule has 2 aromatic rings. The molecule has 0 aromatic heterocycles. The molecule has 3 atom stereocenters. The Hall–Kier alpha value is -2.13. The van der Waals surface area contributed by atoms with Gasteiger partial charge in [-0.2, -0.15) is 0 Å². The van der Waals surface area contributed by atoms with Crippen molar-refractivity contribution in [3.8, 4) is 0 Å². The van der Waals surface area contributed by atoms with Crippen LogP contribution in [0.2, 0.25) is 0 Å². The molecule has 0 bridgehead atoms. The van der Waals surface area contributed by atoms with Gasteiger partial charge in [0.1, 0.15) is 0 Å². The van der Waals surface area contributed by atoms with E-state index in [0.29, 0.717) is 11.5 Å². The first-order valence-corrected chi connectivity index (χ1v) is 10.5. The number of ether oxygens (including phenoxy) is 1. The molecule has 1 saturated carbocycles. The van der Waals surface area contributed by atoms with Gasteiger partial charge in [0.05, 0.1) is 18.3 Å². The molecule has 3 heteroatoms. The van der Waals surface area contributed by atoms with Crippen LogP contribution in [0.1, 0.15) is 66.1 Å². The van der Waals surface area contributed by atoms with Gasteiger partial charge in [-0.05, 0) is 79.7 Å². The highest BCUT2D eigenvalue weighted by atomic mass is 16.5. The number of rotatable bonds is 4. The molecular weight excluding hydrogens is 348 g/mol. The van der Waals surface area contributed by atoms with Gasteiger partial charge in [-0.3, -0.25) is 0 Å². The van der Waals surface area contributed by atoms with E-state index in [1.165, 1.54) is 23.8 Å². The predicted molar refractivity (Wildman–Crippen MR) is 111 cm³/mol. The van der Waals surface area contributed by atoms with Crippen LogP contribution in [0.3, 0.4) is 0 Å². The molecule has 2 aliphatic carbocycles. The minimum Gasteiger partial charge on any atom is -0.465 e. The van der Waals surface area contributed by atoms with Crippen LogP contribution in [-0.4, -0.2) is 23.8 Å². The highest BCUT2D eigenvalue weighted by Gasteiger charge is 2.51. The minimum atomic E-state index is -0.533. The summed E-state index contributed by atoms with van der Waals surface area (Å²) >= 11 is 0. The molecule has 0 spiro atoms. The number of carbonyl (C=O) groups excluding carboxylic acids is 1. The fraction of sp³-hybridized carbons (Fsp3) is 0.480. The zero-order valence-electron chi connectivity index (χ0n) is 16.9. The summed E-state index contributed by atoms with van der Waals surface area (Å²) in [6.45, 7) is 2.10. The molecule has 1 N–H and O–H groups in total. The molecule has 0 unspecified atom stereocenters. The Morgan fingerprint density at radius 1 is 1.18 bits per heavy atom. The Balaban J connectivity index is 1.78. The highest BCUT2D eigenvalue weighted by molar-refractivity contribution is 5.89. The third-order valence-electron chi connectivity index (χ3n) is 7.29. The fourth-order valence-corrected chi connectivity index (χ4v) is 5.62. The average molecular weight is 379 g/mol. The summed E-state index contributed by atoms with van der Waals surface area (Å²) in [5.41, 5.74) is 4.13. The number of hydrogen-bond acceptors (Lipinski definition) is 3. The van der Waals surface area contributed by atoms with E-state index >= 15 is 0 Å². The molecule has 148 valence electrons. The summed E-state index contributed by atoms with van der Waals surface area (Å²) in [5, 5.41) is 11.0. The molecule has 1 fully saturated rings. The normalized spacial score (nSPS) is 28.9. The van der Waals surface area contributed by atoms with Crippen LogP contribution >= 0.6 is 0 Å². The van der Waals surface area contributed by atoms with Crippen LogP contribution in [-0.2, 0) is 23.0 Å². The number of benzene rings is 2. The number of hydrogen-bond donors (Lipinski definition) is 1. The molecule has 4 rings (SSSR count). The van der Waals surface area contributed by atoms with E-state index in [2.05, 4.69) is 43.3 Å². The van der Waals surface area contributed by atoms with Crippen molar-refractivity contribution >= 4 is 5.97 Å². The number of carbonyl (C=O) groups is 1. The van der Waals surface area contributed by atoms with E-state index in [4.69, 9.17) is 4.74 Å². The SMILES string of the molecule is CC[C@@]1(O)CC[C@@]2(Cc3ccccc3)c3ccc(C(=O)OC)cc3CC[C@H]2C1. The fourth-order valence-electron chi connectivity index (χ4n) is 5.62. The first kappa shape index (κ1) is 19.2. The summed E-state index contributed by atoms with van der Waals surface area (Å²) in [6.07, 6.45) is 6.52. The summed E-state index contributed by atoms with van der Waals surface area (Å²) in [7, 11) is 1.43. The van der Waals surface area contributed by atoms with E-state index in [1.54, 1.807) is 0 Å². The molecule has 0 saturated heterocycles. The van der Waals surface area contributed by atoms with E-state index in [1.807, 2.05) is 12.1 Å². The molecule has 0 heterocycles. The molecular formula is C25H30O3. The molecule has 0 radical (unpaired) electrons. The van der Waals surface area contributed by atoms with Crippen molar-refractivity contribution in [2.24, 2.45) is 5.92 Å². The lowest BCUT2D eigenvalue weighted by Crippen LogP contribution is -2.51. The van der Waals surface area contributed by atoms with Crippen LogP contribution in [0, 0.1) is 5.92 Å². The van der Waals surface area contributed by atoms with Crippen LogP contribution < -0.4 is 0 Å². The molecule has 28 heavy (non-hydrogen) atoms. The van der Waals surface area contributed by atoms with Gasteiger partial charge < -0.3 is 9.84 Å². The quantitative estimate of drug-likeness (QED) is 0.774. The van der Waals surface area contributed by atoms with Crippen molar-refractivity contribution in [3.05, 3.63) is 70.8 Å². The van der Waals surface area contributed by atoms with E-state index in [0.717, 1.165) is 44.9 Å². The first-order valence-electron chi connectivity index (χ1n) is 10.5. The molecule has 3 nitrogen and oxygen atoms in total. The smallest absolute Gasteiger partial charge is 0.337 e. The maximum absolute atomic E-state index is 12.0. The number of aliphatic hydroxyl groups is 1.